The molecule has 0 N–H and O–H groups in total. The number of hydrogen-bond acceptors (Lipinski definition) is 4. The fraction of sp³-hybridized carbons (Fsp3) is 0.533. The molecule has 0 spiro atoms. The van der Waals surface area contributed by atoms with E-state index < -0.39 is 0 Å². The van der Waals surface area contributed by atoms with E-state index in [2.05, 4.69) is 4.99 Å². The first-order valence-corrected chi connectivity index (χ1v) is 6.75. The maximum Gasteiger partial charge on any atom is 0.235 e. The van der Waals surface area contributed by atoms with E-state index in [1.54, 1.807) is 6.08 Å². The molecule has 0 bridgehead atoms. The third kappa shape index (κ3) is 2.02. The van der Waals surface area contributed by atoms with Crippen molar-refractivity contribution in [1.29, 1.82) is 0 Å². The Kier molecular flexibility index (Phi) is 3.03. The van der Waals surface area contributed by atoms with Gasteiger partial charge in [0.15, 0.2) is 11.5 Å². The molecule has 3 rings (SSSR count). The summed E-state index contributed by atoms with van der Waals surface area (Å²) >= 11 is 0. The van der Waals surface area contributed by atoms with Crippen LogP contribution < -0.4 is 9.47 Å². The monoisotopic (exact) mass is 259 g/mol. The lowest BCUT2D eigenvalue weighted by Gasteiger charge is -2.38. The molecule has 1 aliphatic heterocycles. The molecule has 0 aromatic heterocycles. The zero-order chi connectivity index (χ0) is 13.3. The molecule has 1 aromatic rings. The van der Waals surface area contributed by atoms with E-state index in [4.69, 9.17) is 9.47 Å². The van der Waals surface area contributed by atoms with Crippen LogP contribution >= 0.6 is 0 Å². The fourth-order valence-electron chi connectivity index (χ4n) is 2.85. The highest BCUT2D eigenvalue weighted by Crippen LogP contribution is 2.48. The number of fused-ring (bicyclic) bond motifs is 1. The van der Waals surface area contributed by atoms with Gasteiger partial charge in [-0.2, -0.15) is 4.99 Å². The Hall–Kier alpha value is -1.80. The molecule has 19 heavy (non-hydrogen) atoms. The topological polar surface area (TPSA) is 47.9 Å². The lowest BCUT2D eigenvalue weighted by atomic mass is 9.71. The average molecular weight is 259 g/mol. The van der Waals surface area contributed by atoms with E-state index in [-0.39, 0.29) is 5.54 Å². The maximum absolute atomic E-state index is 10.7. The van der Waals surface area contributed by atoms with Crippen molar-refractivity contribution >= 4 is 6.08 Å². The van der Waals surface area contributed by atoms with Gasteiger partial charge in [0.05, 0.1) is 18.8 Å². The molecule has 1 fully saturated rings. The first-order chi connectivity index (χ1) is 9.25. The van der Waals surface area contributed by atoms with Crippen LogP contribution in [0.4, 0.5) is 0 Å². The van der Waals surface area contributed by atoms with Gasteiger partial charge >= 0.3 is 0 Å². The zero-order valence-electron chi connectivity index (χ0n) is 11.1. The Bertz CT molecular complexity index is 543. The molecule has 1 aromatic carbocycles. The second-order valence-corrected chi connectivity index (χ2v) is 5.25. The van der Waals surface area contributed by atoms with E-state index in [1.807, 2.05) is 19.1 Å². The molecule has 1 saturated carbocycles. The molecule has 0 unspecified atom stereocenters. The minimum atomic E-state index is -0.378. The zero-order valence-corrected chi connectivity index (χ0v) is 11.1. The van der Waals surface area contributed by atoms with E-state index in [0.29, 0.717) is 13.2 Å². The van der Waals surface area contributed by atoms with Crippen LogP contribution in [0.25, 0.3) is 0 Å². The highest BCUT2D eigenvalue weighted by atomic mass is 16.5. The second-order valence-electron chi connectivity index (χ2n) is 5.25. The van der Waals surface area contributed by atoms with Crippen molar-refractivity contribution in [3.63, 3.8) is 0 Å². The van der Waals surface area contributed by atoms with Gasteiger partial charge in [-0.05, 0) is 49.4 Å². The minimum absolute atomic E-state index is 0.378. The number of aliphatic imine (C=N–C) groups is 1. The van der Waals surface area contributed by atoms with Gasteiger partial charge in [0.1, 0.15) is 0 Å². The number of rotatable bonds is 2. The summed E-state index contributed by atoms with van der Waals surface area (Å²) in [5.74, 6) is 1.56. The van der Waals surface area contributed by atoms with Gasteiger partial charge < -0.3 is 9.47 Å². The number of aryl methyl sites for hydroxylation is 1. The number of hydrogen-bond donors (Lipinski definition) is 0. The lowest BCUT2D eigenvalue weighted by Crippen LogP contribution is -2.32. The highest BCUT2D eigenvalue weighted by molar-refractivity contribution is 5.51. The number of carbonyl (C=O) groups excluding carboxylic acids is 1. The van der Waals surface area contributed by atoms with Crippen molar-refractivity contribution in [2.45, 2.75) is 38.1 Å². The smallest absolute Gasteiger partial charge is 0.235 e. The molecule has 0 radical (unpaired) electrons. The molecular formula is C15H17NO3. The molecule has 4 nitrogen and oxygen atoms in total. The Morgan fingerprint density at radius 1 is 1.16 bits per heavy atom. The van der Waals surface area contributed by atoms with Gasteiger partial charge in [-0.15, -0.1) is 0 Å². The van der Waals surface area contributed by atoms with Crippen LogP contribution in [0, 0.1) is 6.92 Å². The minimum Gasteiger partial charge on any atom is -0.490 e. The quantitative estimate of drug-likeness (QED) is 0.606. The number of benzene rings is 1. The van der Waals surface area contributed by atoms with Crippen molar-refractivity contribution in [2.75, 3.05) is 13.2 Å². The first kappa shape index (κ1) is 12.2. The van der Waals surface area contributed by atoms with E-state index in [9.17, 15) is 4.79 Å². The number of ether oxygens (including phenoxy) is 2. The van der Waals surface area contributed by atoms with E-state index in [1.165, 1.54) is 0 Å². The summed E-state index contributed by atoms with van der Waals surface area (Å²) in [6.45, 7) is 3.38. The van der Waals surface area contributed by atoms with Crippen molar-refractivity contribution in [2.24, 2.45) is 4.99 Å². The normalized spacial score (nSPS) is 19.8. The summed E-state index contributed by atoms with van der Waals surface area (Å²) < 4.78 is 11.4. The molecule has 0 amide bonds. The van der Waals surface area contributed by atoms with Gasteiger partial charge in [0.25, 0.3) is 0 Å². The maximum atomic E-state index is 10.7. The lowest BCUT2D eigenvalue weighted by molar-refractivity contribution is 0.252. The summed E-state index contributed by atoms with van der Waals surface area (Å²) in [4.78, 5) is 14.8. The van der Waals surface area contributed by atoms with Crippen molar-refractivity contribution < 1.29 is 14.3 Å². The Balaban J connectivity index is 2.07. The second kappa shape index (κ2) is 4.71. The van der Waals surface area contributed by atoms with Crippen LogP contribution in [0.2, 0.25) is 0 Å². The van der Waals surface area contributed by atoms with Crippen LogP contribution in [-0.4, -0.2) is 19.3 Å². The Morgan fingerprint density at radius 3 is 2.42 bits per heavy atom. The number of isocyanates is 1. The van der Waals surface area contributed by atoms with Crippen molar-refractivity contribution in [3.05, 3.63) is 23.3 Å². The van der Waals surface area contributed by atoms with Crippen LogP contribution in [0.5, 0.6) is 11.5 Å². The third-order valence-electron chi connectivity index (χ3n) is 4.04. The van der Waals surface area contributed by atoms with Crippen LogP contribution in [0.1, 0.15) is 36.8 Å². The van der Waals surface area contributed by atoms with Crippen LogP contribution in [-0.2, 0) is 10.3 Å². The highest BCUT2D eigenvalue weighted by Gasteiger charge is 2.40. The predicted molar refractivity (Wildman–Crippen MR) is 70.4 cm³/mol. The van der Waals surface area contributed by atoms with Gasteiger partial charge in [-0.25, -0.2) is 4.79 Å². The van der Waals surface area contributed by atoms with E-state index in [0.717, 1.165) is 48.3 Å². The molecule has 0 saturated heterocycles. The summed E-state index contributed by atoms with van der Waals surface area (Å²) in [5, 5.41) is 0. The van der Waals surface area contributed by atoms with Gasteiger partial charge in [-0.1, -0.05) is 0 Å². The van der Waals surface area contributed by atoms with Crippen molar-refractivity contribution in [1.82, 2.24) is 0 Å². The van der Waals surface area contributed by atoms with E-state index >= 15 is 0 Å². The first-order valence-electron chi connectivity index (χ1n) is 6.75. The fourth-order valence-corrected chi connectivity index (χ4v) is 2.85. The molecule has 2 aliphatic rings. The predicted octanol–water partition coefficient (Wildman–Crippen LogP) is 2.87. The third-order valence-corrected chi connectivity index (χ3v) is 4.04. The molecular weight excluding hydrogens is 242 g/mol. The molecule has 100 valence electrons. The van der Waals surface area contributed by atoms with Crippen LogP contribution in [0.3, 0.4) is 0 Å². The standard InChI is InChI=1S/C15H17NO3/c1-11-8-13-14(19-7-3-6-18-13)9-12(11)15(16-10-17)4-2-5-15/h8-9H,2-7H2,1H3. The average Bonchev–Trinajstić information content (AvgIpc) is 2.58. The summed E-state index contributed by atoms with van der Waals surface area (Å²) in [7, 11) is 0. The summed E-state index contributed by atoms with van der Waals surface area (Å²) in [5.41, 5.74) is 1.80. The molecule has 4 heteroatoms. The molecule has 1 heterocycles. The SMILES string of the molecule is Cc1cc2c(cc1C1(N=C=O)CCC1)OCCCO2. The molecule has 1 aliphatic carbocycles. The van der Waals surface area contributed by atoms with Gasteiger partial charge in [0, 0.05) is 6.42 Å². The van der Waals surface area contributed by atoms with Gasteiger partial charge in [-0.3, -0.25) is 0 Å². The summed E-state index contributed by atoms with van der Waals surface area (Å²) in [6, 6.07) is 3.99. The summed E-state index contributed by atoms with van der Waals surface area (Å²) in [6.07, 6.45) is 5.53. The Labute approximate surface area is 112 Å². The Morgan fingerprint density at radius 2 is 1.84 bits per heavy atom. The van der Waals surface area contributed by atoms with Crippen LogP contribution in [0.15, 0.2) is 17.1 Å². The van der Waals surface area contributed by atoms with Gasteiger partial charge in [0.2, 0.25) is 6.08 Å². The molecule has 0 atom stereocenters. The number of nitrogens with zero attached hydrogens (tertiary/aromatic N) is 1. The van der Waals surface area contributed by atoms with Crippen molar-refractivity contribution in [3.8, 4) is 11.5 Å². The largest absolute Gasteiger partial charge is 0.490 e.